The van der Waals surface area contributed by atoms with E-state index in [1.165, 1.54) is 19.4 Å². The minimum Gasteiger partial charge on any atom is -0.478 e. The topological polar surface area (TPSA) is 94.1 Å². The van der Waals surface area contributed by atoms with E-state index >= 15 is 0 Å². The van der Waals surface area contributed by atoms with Crippen LogP contribution in [0.1, 0.15) is 5.69 Å². The second-order valence-corrected chi connectivity index (χ2v) is 6.47. The van der Waals surface area contributed by atoms with E-state index in [1.54, 1.807) is 19.2 Å². The van der Waals surface area contributed by atoms with Crippen LogP contribution in [0.3, 0.4) is 0 Å². The lowest BCUT2D eigenvalue weighted by Gasteiger charge is -2.11. The molecular weight excluding hydrogens is 406 g/mol. The molecule has 0 atom stereocenters. The van der Waals surface area contributed by atoms with E-state index in [0.717, 1.165) is 0 Å². The summed E-state index contributed by atoms with van der Waals surface area (Å²) < 4.78 is 32.3. The summed E-state index contributed by atoms with van der Waals surface area (Å²) in [6.45, 7) is 1.74. The van der Waals surface area contributed by atoms with Crippen LogP contribution in [-0.2, 0) is 10.0 Å². The molecule has 0 aromatic carbocycles. The third-order valence-corrected chi connectivity index (χ3v) is 4.69. The molecule has 0 unspecified atom stereocenters. The highest BCUT2D eigenvalue weighted by Crippen LogP contribution is 2.21. The van der Waals surface area contributed by atoms with Crippen LogP contribution >= 0.6 is 22.4 Å². The van der Waals surface area contributed by atoms with Gasteiger partial charge in [-0.15, -0.1) is 22.4 Å². The summed E-state index contributed by atoms with van der Waals surface area (Å²) in [5.74, 6) is 0.171. The van der Waals surface area contributed by atoms with E-state index in [4.69, 9.17) is 4.74 Å². The Morgan fingerprint density at radius 3 is 2.81 bits per heavy atom. The zero-order valence-corrected chi connectivity index (χ0v) is 14.3. The third kappa shape index (κ3) is 3.61. The summed E-state index contributed by atoms with van der Waals surface area (Å²) in [6, 6.07) is 3.07. The lowest BCUT2D eigenvalue weighted by molar-refractivity contribution is 0.397. The SMILES string of the molecule is COc1nc(C)cnc1NS(=O)(=O)c1cccnc1BI. The Balaban J connectivity index is 2.42. The molecular formula is C11H12BIN4O3S. The lowest BCUT2D eigenvalue weighted by Crippen LogP contribution is -2.26. The molecule has 0 spiro atoms. The number of nitrogens with zero attached hydrogens (tertiary/aromatic N) is 3. The number of pyridine rings is 1. The van der Waals surface area contributed by atoms with Crippen LogP contribution < -0.4 is 15.1 Å². The van der Waals surface area contributed by atoms with Gasteiger partial charge in [0.15, 0.2) is 0 Å². The van der Waals surface area contributed by atoms with Crippen LogP contribution in [0.5, 0.6) is 5.88 Å². The largest absolute Gasteiger partial charge is 0.478 e. The zero-order valence-electron chi connectivity index (χ0n) is 11.4. The van der Waals surface area contributed by atoms with Gasteiger partial charge < -0.3 is 4.74 Å². The van der Waals surface area contributed by atoms with Crippen LogP contribution in [0.2, 0.25) is 0 Å². The van der Waals surface area contributed by atoms with Gasteiger partial charge in [-0.2, -0.15) is 0 Å². The predicted molar refractivity (Wildman–Crippen MR) is 89.2 cm³/mol. The van der Waals surface area contributed by atoms with E-state index < -0.39 is 10.0 Å². The van der Waals surface area contributed by atoms with Crippen LogP contribution in [0.25, 0.3) is 0 Å². The number of methoxy groups -OCH3 is 1. The van der Waals surface area contributed by atoms with Gasteiger partial charge in [-0.1, -0.05) is 0 Å². The van der Waals surface area contributed by atoms with Gasteiger partial charge in [-0.3, -0.25) is 9.71 Å². The normalized spacial score (nSPS) is 11.0. The Kier molecular flexibility index (Phi) is 4.98. The first kappa shape index (κ1) is 16.0. The monoisotopic (exact) mass is 418 g/mol. The fraction of sp³-hybridized carbons (Fsp3) is 0.182. The highest BCUT2D eigenvalue weighted by atomic mass is 127. The molecule has 10 heteroatoms. The zero-order chi connectivity index (χ0) is 15.5. The summed E-state index contributed by atoms with van der Waals surface area (Å²) >= 11 is 2.06. The quantitative estimate of drug-likeness (QED) is 0.559. The molecule has 2 rings (SSSR count). The molecule has 1 N–H and O–H groups in total. The maximum absolute atomic E-state index is 12.5. The predicted octanol–water partition coefficient (Wildman–Crippen LogP) is 0.401. The number of hydrogen-bond donors (Lipinski definition) is 1. The number of rotatable bonds is 5. The Labute approximate surface area is 136 Å². The summed E-state index contributed by atoms with van der Waals surface area (Å²) in [5.41, 5.74) is 1.11. The molecule has 110 valence electrons. The molecule has 0 aliphatic carbocycles. The van der Waals surface area contributed by atoms with Crippen molar-refractivity contribution in [2.75, 3.05) is 11.8 Å². The molecule has 21 heavy (non-hydrogen) atoms. The number of halogens is 1. The minimum atomic E-state index is -3.80. The molecule has 0 bridgehead atoms. The number of aryl methyl sites for hydroxylation is 1. The molecule has 0 aliphatic heterocycles. The van der Waals surface area contributed by atoms with Gasteiger partial charge >= 0.3 is 0 Å². The molecule has 2 heterocycles. The fourth-order valence-electron chi connectivity index (χ4n) is 1.62. The van der Waals surface area contributed by atoms with Crippen molar-refractivity contribution < 1.29 is 13.2 Å². The first-order valence-electron chi connectivity index (χ1n) is 5.88. The highest BCUT2D eigenvalue weighted by Gasteiger charge is 2.21. The van der Waals surface area contributed by atoms with Crippen molar-refractivity contribution in [2.24, 2.45) is 0 Å². The maximum Gasteiger partial charge on any atom is 0.264 e. The first-order valence-corrected chi connectivity index (χ1v) is 8.89. The van der Waals surface area contributed by atoms with Crippen molar-refractivity contribution in [2.45, 2.75) is 11.8 Å². The van der Waals surface area contributed by atoms with Gasteiger partial charge in [0, 0.05) is 11.8 Å². The van der Waals surface area contributed by atoms with E-state index in [1.807, 2.05) is 0 Å². The number of aromatic nitrogens is 3. The van der Waals surface area contributed by atoms with Crippen molar-refractivity contribution >= 4 is 48.9 Å². The molecule has 0 aliphatic rings. The van der Waals surface area contributed by atoms with Gasteiger partial charge in [-0.25, -0.2) is 18.4 Å². The first-order chi connectivity index (χ1) is 9.97. The third-order valence-electron chi connectivity index (χ3n) is 2.55. The number of anilines is 1. The highest BCUT2D eigenvalue weighted by molar-refractivity contribution is 14.1. The summed E-state index contributed by atoms with van der Waals surface area (Å²) in [4.78, 5) is 12.3. The molecule has 7 nitrogen and oxygen atoms in total. The van der Waals surface area contributed by atoms with Crippen molar-refractivity contribution in [1.82, 2.24) is 15.0 Å². The summed E-state index contributed by atoms with van der Waals surface area (Å²) in [7, 11) is -2.40. The standard InChI is InChI=1S/C11H12BIN4O3S/c1-7-6-15-10(11(16-7)20-2)17-21(18,19)8-4-3-5-14-9(8)12-13/h3-6,12H,1-2H3,(H,15,17). The molecule has 2 aromatic heterocycles. The van der Waals surface area contributed by atoms with Crippen LogP contribution in [0, 0.1) is 6.92 Å². The smallest absolute Gasteiger partial charge is 0.264 e. The van der Waals surface area contributed by atoms with Crippen molar-refractivity contribution in [3.63, 3.8) is 0 Å². The summed E-state index contributed by atoms with van der Waals surface area (Å²) in [5, 5.41) is 0.478. The van der Waals surface area contributed by atoms with Crippen molar-refractivity contribution in [3.05, 3.63) is 30.2 Å². The fourth-order valence-corrected chi connectivity index (χ4v) is 3.68. The number of nitrogens with one attached hydrogen (secondary N) is 1. The van der Waals surface area contributed by atoms with Crippen LogP contribution in [0.15, 0.2) is 29.4 Å². The van der Waals surface area contributed by atoms with Gasteiger partial charge in [0.2, 0.25) is 5.82 Å². The number of sulfonamides is 1. The molecule has 0 saturated heterocycles. The lowest BCUT2D eigenvalue weighted by atomic mass is 10.0. The Morgan fingerprint density at radius 1 is 1.38 bits per heavy atom. The molecule has 0 radical (unpaired) electrons. The van der Waals surface area contributed by atoms with E-state index in [9.17, 15) is 8.42 Å². The van der Waals surface area contributed by atoms with E-state index in [-0.39, 0.29) is 16.6 Å². The van der Waals surface area contributed by atoms with Crippen molar-refractivity contribution in [1.29, 1.82) is 0 Å². The van der Waals surface area contributed by atoms with Crippen molar-refractivity contribution in [3.8, 4) is 5.88 Å². The molecule has 0 saturated carbocycles. The van der Waals surface area contributed by atoms with E-state index in [0.29, 0.717) is 16.4 Å². The molecule has 2 aromatic rings. The van der Waals surface area contributed by atoms with Gasteiger partial charge in [0.1, 0.15) is 4.90 Å². The average Bonchev–Trinajstić information content (AvgIpc) is 2.48. The second-order valence-electron chi connectivity index (χ2n) is 4.06. The maximum atomic E-state index is 12.5. The molecule has 0 fully saturated rings. The van der Waals surface area contributed by atoms with Crippen LogP contribution in [0.4, 0.5) is 5.82 Å². The number of hydrogen-bond acceptors (Lipinski definition) is 6. The average molecular weight is 418 g/mol. The van der Waals surface area contributed by atoms with Gasteiger partial charge in [-0.05, 0) is 19.1 Å². The Hall–Kier alpha value is -1.43. The minimum absolute atomic E-state index is 0.0476. The van der Waals surface area contributed by atoms with Crippen LogP contribution in [-0.4, -0.2) is 35.6 Å². The number of ether oxygens (including phenoxy) is 1. The van der Waals surface area contributed by atoms with E-state index in [2.05, 4.69) is 42.0 Å². The Bertz CT molecular complexity index is 757. The second kappa shape index (κ2) is 6.56. The van der Waals surface area contributed by atoms with Gasteiger partial charge in [0.25, 0.3) is 21.0 Å². The molecule has 0 amide bonds. The Morgan fingerprint density at radius 2 is 2.14 bits per heavy atom. The van der Waals surface area contributed by atoms with Gasteiger partial charge in [0.05, 0.1) is 19.0 Å². The summed E-state index contributed by atoms with van der Waals surface area (Å²) in [6.07, 6.45) is 3.02.